The first kappa shape index (κ1) is 28.7. The number of rotatable bonds is 3. The summed E-state index contributed by atoms with van der Waals surface area (Å²) in [5, 5.41) is 15.0. The van der Waals surface area contributed by atoms with E-state index in [4.69, 9.17) is 10.5 Å². The second kappa shape index (κ2) is 27.7. The summed E-state index contributed by atoms with van der Waals surface area (Å²) in [6, 6.07) is 23.4. The molecule has 0 spiro atoms. The topological polar surface area (TPSA) is 47.6 Å². The molecule has 0 aliphatic rings. The Bertz CT molecular complexity index is 675. The van der Waals surface area contributed by atoms with Gasteiger partial charge < -0.3 is 0 Å². The molecule has 0 saturated carbocycles. The van der Waals surface area contributed by atoms with Crippen molar-refractivity contribution in [3.8, 4) is 12.1 Å². The second-order valence-corrected chi connectivity index (χ2v) is 4.37. The van der Waals surface area contributed by atoms with Gasteiger partial charge in [0.25, 0.3) is 0 Å². The van der Waals surface area contributed by atoms with Crippen LogP contribution in [0.1, 0.15) is 11.1 Å². The first-order valence-corrected chi connectivity index (χ1v) is 8.21. The Morgan fingerprint density at radius 1 is 0.536 bits per heavy atom. The summed E-state index contributed by atoms with van der Waals surface area (Å²) < 4.78 is 0. The molecule has 0 saturated heterocycles. The van der Waals surface area contributed by atoms with E-state index in [-0.39, 0.29) is 0 Å². The van der Waals surface area contributed by atoms with Gasteiger partial charge in [0.1, 0.15) is 0 Å². The molecule has 0 N–H and O–H groups in total. The molecule has 0 bridgehead atoms. The molecule has 0 aliphatic carbocycles. The standard InChI is InChI=1S/2C8H8.C4H6.2C3H3N/c2*1-2-8-6-4-3-5-7-8;1-3-4-2;2*1-2-3-4/h2*2-7H,1H2;3-4H,1-2H2;2*2H,1H2. The average molecular weight is 369 g/mol. The molecule has 0 amide bonds. The van der Waals surface area contributed by atoms with Crippen molar-refractivity contribution >= 4 is 12.2 Å². The zero-order chi connectivity index (χ0) is 21.9. The molecule has 0 heterocycles. The first-order chi connectivity index (χ1) is 13.6. The van der Waals surface area contributed by atoms with E-state index in [0.29, 0.717) is 0 Å². The van der Waals surface area contributed by atoms with Crippen LogP contribution in [0.3, 0.4) is 0 Å². The maximum Gasteiger partial charge on any atom is 0.0905 e. The van der Waals surface area contributed by atoms with E-state index >= 15 is 0 Å². The maximum atomic E-state index is 7.51. The fourth-order valence-electron chi connectivity index (χ4n) is 1.18. The van der Waals surface area contributed by atoms with Gasteiger partial charge in [0.05, 0.1) is 12.1 Å². The van der Waals surface area contributed by atoms with Crippen LogP contribution in [0.4, 0.5) is 0 Å². The van der Waals surface area contributed by atoms with E-state index in [0.717, 1.165) is 0 Å². The molecule has 0 aliphatic heterocycles. The minimum atomic E-state index is 1.17. The van der Waals surface area contributed by atoms with Crippen LogP contribution >= 0.6 is 0 Å². The zero-order valence-electron chi connectivity index (χ0n) is 16.4. The molecule has 0 unspecified atom stereocenters. The molecule has 0 fully saturated rings. The lowest BCUT2D eigenvalue weighted by Gasteiger charge is -1.85. The van der Waals surface area contributed by atoms with Gasteiger partial charge in [-0.2, -0.15) is 10.5 Å². The highest BCUT2D eigenvalue weighted by Gasteiger charge is 1.76. The predicted molar refractivity (Wildman–Crippen MR) is 125 cm³/mol. The van der Waals surface area contributed by atoms with Crippen molar-refractivity contribution < 1.29 is 0 Å². The van der Waals surface area contributed by atoms with Crippen molar-refractivity contribution in [1.82, 2.24) is 0 Å². The van der Waals surface area contributed by atoms with Crippen LogP contribution in [0.5, 0.6) is 0 Å². The van der Waals surface area contributed by atoms with Gasteiger partial charge in [-0.3, -0.25) is 0 Å². The van der Waals surface area contributed by atoms with Crippen LogP contribution < -0.4 is 0 Å². The molecule has 28 heavy (non-hydrogen) atoms. The van der Waals surface area contributed by atoms with Gasteiger partial charge in [-0.15, -0.1) is 0 Å². The number of hydrogen-bond acceptors (Lipinski definition) is 2. The zero-order valence-corrected chi connectivity index (χ0v) is 16.4. The summed E-state index contributed by atoms with van der Waals surface area (Å²) >= 11 is 0. The van der Waals surface area contributed by atoms with Crippen molar-refractivity contribution in [3.63, 3.8) is 0 Å². The minimum absolute atomic E-state index is 1.17. The number of nitrogens with zero attached hydrogens (tertiary/aromatic N) is 2. The van der Waals surface area contributed by atoms with E-state index in [1.165, 1.54) is 23.3 Å². The molecule has 2 aromatic carbocycles. The lowest BCUT2D eigenvalue weighted by Crippen LogP contribution is -1.63. The van der Waals surface area contributed by atoms with Crippen molar-refractivity contribution in [2.75, 3.05) is 0 Å². The normalized spacial score (nSPS) is 6.64. The Kier molecular flexibility index (Phi) is 28.3. The van der Waals surface area contributed by atoms with Crippen LogP contribution in [0.25, 0.3) is 12.2 Å². The molecule has 0 aromatic heterocycles. The van der Waals surface area contributed by atoms with E-state index < -0.39 is 0 Å². The van der Waals surface area contributed by atoms with Crippen LogP contribution in [-0.2, 0) is 0 Å². The molecular formula is C26H28N2. The van der Waals surface area contributed by atoms with Gasteiger partial charge in [0, 0.05) is 12.2 Å². The third-order valence-electron chi connectivity index (χ3n) is 2.42. The number of nitriles is 2. The number of hydrogen-bond donors (Lipinski definition) is 0. The van der Waals surface area contributed by atoms with Crippen LogP contribution in [0.15, 0.2) is 124 Å². The van der Waals surface area contributed by atoms with Crippen molar-refractivity contribution in [1.29, 1.82) is 10.5 Å². The Labute approximate surface area is 170 Å². The Balaban J connectivity index is -0.000000294. The quantitative estimate of drug-likeness (QED) is 0.418. The smallest absolute Gasteiger partial charge is 0.0905 e. The monoisotopic (exact) mass is 368 g/mol. The van der Waals surface area contributed by atoms with E-state index in [1.54, 1.807) is 24.3 Å². The Morgan fingerprint density at radius 2 is 0.786 bits per heavy atom. The van der Waals surface area contributed by atoms with Gasteiger partial charge in [0.15, 0.2) is 0 Å². The summed E-state index contributed by atoms with van der Waals surface area (Å²) in [5.41, 5.74) is 2.35. The van der Waals surface area contributed by atoms with Gasteiger partial charge in [-0.05, 0) is 11.1 Å². The summed E-state index contributed by atoms with van der Waals surface area (Å²) in [7, 11) is 0. The molecule has 2 rings (SSSR count). The maximum absolute atomic E-state index is 7.51. The Hall–Kier alpha value is -4.14. The summed E-state index contributed by atoms with van der Waals surface area (Å²) in [5.74, 6) is 0. The van der Waals surface area contributed by atoms with E-state index in [1.807, 2.05) is 72.8 Å². The largest absolute Gasteiger partial charge is 0.193 e. The molecule has 0 radical (unpaired) electrons. The van der Waals surface area contributed by atoms with Crippen molar-refractivity contribution in [2.45, 2.75) is 0 Å². The van der Waals surface area contributed by atoms with Gasteiger partial charge in [0.2, 0.25) is 0 Å². The van der Waals surface area contributed by atoms with Gasteiger partial charge >= 0.3 is 0 Å². The first-order valence-electron chi connectivity index (χ1n) is 8.21. The molecule has 0 atom stereocenters. The highest BCUT2D eigenvalue weighted by atomic mass is 14.2. The molecular weight excluding hydrogens is 340 g/mol. The average Bonchev–Trinajstić information content (AvgIpc) is 2.81. The van der Waals surface area contributed by atoms with Crippen LogP contribution in [0.2, 0.25) is 0 Å². The summed E-state index contributed by atoms with van der Waals surface area (Å²) in [6.07, 6.45) is 9.31. The predicted octanol–water partition coefficient (Wildman–Crippen LogP) is 7.41. The minimum Gasteiger partial charge on any atom is -0.193 e. The third-order valence-corrected chi connectivity index (χ3v) is 2.42. The Morgan fingerprint density at radius 3 is 0.893 bits per heavy atom. The van der Waals surface area contributed by atoms with Crippen molar-refractivity contribution in [2.24, 2.45) is 0 Å². The number of benzene rings is 2. The SMILES string of the molecule is C=CC#N.C=CC#N.C=CC=C.C=Cc1ccccc1.C=Cc1ccccc1. The van der Waals surface area contributed by atoms with Crippen LogP contribution in [0, 0.1) is 22.7 Å². The van der Waals surface area contributed by atoms with Crippen LogP contribution in [-0.4, -0.2) is 0 Å². The lowest BCUT2D eigenvalue weighted by molar-refractivity contribution is 1.54. The molecule has 142 valence electrons. The second-order valence-electron chi connectivity index (χ2n) is 4.37. The molecule has 2 aromatic rings. The van der Waals surface area contributed by atoms with Gasteiger partial charge in [-0.1, -0.05) is 124 Å². The fourth-order valence-corrected chi connectivity index (χ4v) is 1.18. The highest BCUT2D eigenvalue weighted by molar-refractivity contribution is 5.46. The lowest BCUT2D eigenvalue weighted by atomic mass is 10.2. The summed E-state index contributed by atoms with van der Waals surface area (Å²) in [6.45, 7) is 20.2. The third kappa shape index (κ3) is 26.7. The molecule has 2 nitrogen and oxygen atoms in total. The van der Waals surface area contributed by atoms with Gasteiger partial charge in [-0.25, -0.2) is 0 Å². The highest BCUT2D eigenvalue weighted by Crippen LogP contribution is 1.98. The van der Waals surface area contributed by atoms with E-state index in [9.17, 15) is 0 Å². The molecule has 2 heteroatoms. The van der Waals surface area contributed by atoms with Crippen molar-refractivity contribution in [3.05, 3.63) is 136 Å². The fraction of sp³-hybridized carbons (Fsp3) is 0. The summed E-state index contributed by atoms with van der Waals surface area (Å²) in [4.78, 5) is 0. The van der Waals surface area contributed by atoms with E-state index in [2.05, 4.69) is 39.5 Å². The number of allylic oxidation sites excluding steroid dienone is 4.